The minimum Gasteiger partial charge on any atom is -0.374 e. The van der Waals surface area contributed by atoms with E-state index < -0.39 is 0 Å². The Hall–Kier alpha value is -1.02. The van der Waals surface area contributed by atoms with Crippen LogP contribution in [0.2, 0.25) is 0 Å². The number of rotatable bonds is 7. The van der Waals surface area contributed by atoms with Crippen molar-refractivity contribution in [3.63, 3.8) is 0 Å². The smallest absolute Gasteiger partial charge is 0.0409 e. The molecule has 0 aromatic heterocycles. The predicted molar refractivity (Wildman–Crippen MR) is 81.3 cm³/mol. The zero-order valence-corrected chi connectivity index (χ0v) is 12.6. The van der Waals surface area contributed by atoms with Gasteiger partial charge < -0.3 is 10.2 Å². The molecular formula is C16H28N2. The summed E-state index contributed by atoms with van der Waals surface area (Å²) in [5, 5.41) is 3.51. The van der Waals surface area contributed by atoms with Crippen LogP contribution in [-0.4, -0.2) is 19.6 Å². The number of hydrogen-bond donors (Lipinski definition) is 1. The van der Waals surface area contributed by atoms with Gasteiger partial charge in [0.25, 0.3) is 0 Å². The fourth-order valence-corrected chi connectivity index (χ4v) is 2.06. The summed E-state index contributed by atoms with van der Waals surface area (Å²) in [4.78, 5) is 2.38. The molecule has 1 N–H and O–H groups in total. The molecule has 0 radical (unpaired) electrons. The third-order valence-electron chi connectivity index (χ3n) is 3.19. The van der Waals surface area contributed by atoms with Crippen LogP contribution in [0.15, 0.2) is 18.2 Å². The summed E-state index contributed by atoms with van der Waals surface area (Å²) in [5.41, 5.74) is 4.10. The van der Waals surface area contributed by atoms with Gasteiger partial charge in [-0.25, -0.2) is 0 Å². The summed E-state index contributed by atoms with van der Waals surface area (Å²) in [6.07, 6.45) is 2.50. The largest absolute Gasteiger partial charge is 0.374 e. The van der Waals surface area contributed by atoms with E-state index in [0.717, 1.165) is 13.1 Å². The van der Waals surface area contributed by atoms with E-state index in [1.54, 1.807) is 0 Å². The van der Waals surface area contributed by atoms with Crippen molar-refractivity contribution in [3.05, 3.63) is 29.3 Å². The van der Waals surface area contributed by atoms with Gasteiger partial charge in [0.05, 0.1) is 0 Å². The summed E-state index contributed by atoms with van der Waals surface area (Å²) in [6, 6.07) is 7.28. The lowest BCUT2D eigenvalue weighted by atomic mass is 10.1. The number of benzene rings is 1. The van der Waals surface area contributed by atoms with Crippen molar-refractivity contribution >= 4 is 5.69 Å². The molecule has 0 unspecified atom stereocenters. The van der Waals surface area contributed by atoms with Crippen LogP contribution in [0.5, 0.6) is 0 Å². The standard InChI is InChI=1S/C16H28N2/c1-6-7-10-18(5)16-9-8-14(4)11-15(16)12-17-13(2)3/h8-9,11,13,17H,6-7,10,12H2,1-5H3. The van der Waals surface area contributed by atoms with Gasteiger partial charge in [0.1, 0.15) is 0 Å². The molecule has 0 amide bonds. The Balaban J connectivity index is 2.81. The van der Waals surface area contributed by atoms with Gasteiger partial charge in [-0.3, -0.25) is 0 Å². The van der Waals surface area contributed by atoms with Crippen molar-refractivity contribution in [2.75, 3.05) is 18.5 Å². The second kappa shape index (κ2) is 7.42. The topological polar surface area (TPSA) is 15.3 Å². The first kappa shape index (κ1) is 15.0. The van der Waals surface area contributed by atoms with E-state index >= 15 is 0 Å². The fourth-order valence-electron chi connectivity index (χ4n) is 2.06. The summed E-state index contributed by atoms with van der Waals surface area (Å²) < 4.78 is 0. The zero-order valence-electron chi connectivity index (χ0n) is 12.6. The Morgan fingerprint density at radius 3 is 2.61 bits per heavy atom. The third-order valence-corrected chi connectivity index (χ3v) is 3.19. The molecule has 0 aliphatic carbocycles. The van der Waals surface area contributed by atoms with Crippen LogP contribution in [0.3, 0.4) is 0 Å². The highest BCUT2D eigenvalue weighted by molar-refractivity contribution is 5.54. The van der Waals surface area contributed by atoms with E-state index in [4.69, 9.17) is 0 Å². The molecule has 0 saturated heterocycles. The molecule has 0 aliphatic heterocycles. The van der Waals surface area contributed by atoms with Crippen molar-refractivity contribution in [1.82, 2.24) is 5.32 Å². The number of aryl methyl sites for hydroxylation is 1. The van der Waals surface area contributed by atoms with Crippen molar-refractivity contribution in [2.45, 2.75) is 53.1 Å². The van der Waals surface area contributed by atoms with E-state index in [1.165, 1.54) is 29.7 Å². The number of anilines is 1. The molecule has 0 heterocycles. The molecule has 0 atom stereocenters. The first-order chi connectivity index (χ1) is 8.54. The normalized spacial score (nSPS) is 11.0. The molecule has 0 aliphatic rings. The molecule has 102 valence electrons. The molecular weight excluding hydrogens is 220 g/mol. The minimum atomic E-state index is 0.527. The number of nitrogens with zero attached hydrogens (tertiary/aromatic N) is 1. The van der Waals surface area contributed by atoms with E-state index in [9.17, 15) is 0 Å². The van der Waals surface area contributed by atoms with Crippen molar-refractivity contribution < 1.29 is 0 Å². The second-order valence-electron chi connectivity index (χ2n) is 5.44. The van der Waals surface area contributed by atoms with Crippen LogP contribution in [0.4, 0.5) is 5.69 Å². The van der Waals surface area contributed by atoms with E-state index in [1.807, 2.05) is 0 Å². The summed E-state index contributed by atoms with van der Waals surface area (Å²) in [6.45, 7) is 10.9. The van der Waals surface area contributed by atoms with Crippen LogP contribution in [0.25, 0.3) is 0 Å². The predicted octanol–water partition coefficient (Wildman–Crippen LogP) is 3.73. The molecule has 0 bridgehead atoms. The number of nitrogens with one attached hydrogen (secondary N) is 1. The zero-order chi connectivity index (χ0) is 13.5. The molecule has 1 aromatic rings. The maximum absolute atomic E-state index is 3.51. The Morgan fingerprint density at radius 2 is 2.00 bits per heavy atom. The van der Waals surface area contributed by atoms with Gasteiger partial charge in [0, 0.05) is 31.9 Å². The molecule has 2 nitrogen and oxygen atoms in total. The Morgan fingerprint density at radius 1 is 1.28 bits per heavy atom. The lowest BCUT2D eigenvalue weighted by Crippen LogP contribution is -2.25. The molecule has 1 rings (SSSR count). The van der Waals surface area contributed by atoms with Gasteiger partial charge in [-0.05, 0) is 25.0 Å². The lowest BCUT2D eigenvalue weighted by molar-refractivity contribution is 0.588. The maximum Gasteiger partial charge on any atom is 0.0409 e. The van der Waals surface area contributed by atoms with Gasteiger partial charge in [0.15, 0.2) is 0 Å². The average molecular weight is 248 g/mol. The summed E-state index contributed by atoms with van der Waals surface area (Å²) >= 11 is 0. The van der Waals surface area contributed by atoms with Crippen LogP contribution < -0.4 is 10.2 Å². The highest BCUT2D eigenvalue weighted by atomic mass is 15.1. The Kier molecular flexibility index (Phi) is 6.20. The summed E-state index contributed by atoms with van der Waals surface area (Å²) in [7, 11) is 2.19. The molecule has 2 heteroatoms. The van der Waals surface area contributed by atoms with Gasteiger partial charge in [-0.2, -0.15) is 0 Å². The Labute approximate surface area is 112 Å². The van der Waals surface area contributed by atoms with Gasteiger partial charge in [0.2, 0.25) is 0 Å². The van der Waals surface area contributed by atoms with Crippen LogP contribution >= 0.6 is 0 Å². The van der Waals surface area contributed by atoms with Crippen molar-refractivity contribution in [1.29, 1.82) is 0 Å². The minimum absolute atomic E-state index is 0.527. The second-order valence-corrected chi connectivity index (χ2v) is 5.44. The van der Waals surface area contributed by atoms with Gasteiger partial charge >= 0.3 is 0 Å². The van der Waals surface area contributed by atoms with Crippen LogP contribution in [0, 0.1) is 6.92 Å². The maximum atomic E-state index is 3.51. The monoisotopic (exact) mass is 248 g/mol. The number of hydrogen-bond acceptors (Lipinski definition) is 2. The molecule has 0 fully saturated rings. The number of unbranched alkanes of at least 4 members (excludes halogenated alkanes) is 1. The van der Waals surface area contributed by atoms with Gasteiger partial charge in [-0.1, -0.05) is 44.9 Å². The third kappa shape index (κ3) is 4.69. The van der Waals surface area contributed by atoms with E-state index in [0.29, 0.717) is 6.04 Å². The average Bonchev–Trinajstić information content (AvgIpc) is 2.33. The molecule has 18 heavy (non-hydrogen) atoms. The van der Waals surface area contributed by atoms with Crippen LogP contribution in [0.1, 0.15) is 44.7 Å². The summed E-state index contributed by atoms with van der Waals surface area (Å²) in [5.74, 6) is 0. The molecule has 1 aromatic carbocycles. The highest BCUT2D eigenvalue weighted by Gasteiger charge is 2.07. The van der Waals surface area contributed by atoms with E-state index in [2.05, 4.69) is 63.2 Å². The highest BCUT2D eigenvalue weighted by Crippen LogP contribution is 2.21. The molecule has 0 spiro atoms. The first-order valence-corrected chi connectivity index (χ1v) is 7.08. The fraction of sp³-hybridized carbons (Fsp3) is 0.625. The van der Waals surface area contributed by atoms with Gasteiger partial charge in [-0.15, -0.1) is 0 Å². The van der Waals surface area contributed by atoms with E-state index in [-0.39, 0.29) is 0 Å². The molecule has 0 saturated carbocycles. The first-order valence-electron chi connectivity index (χ1n) is 7.08. The Bertz CT molecular complexity index is 358. The lowest BCUT2D eigenvalue weighted by Gasteiger charge is -2.23. The SMILES string of the molecule is CCCCN(C)c1ccc(C)cc1CNC(C)C. The van der Waals surface area contributed by atoms with Crippen molar-refractivity contribution in [2.24, 2.45) is 0 Å². The van der Waals surface area contributed by atoms with Crippen molar-refractivity contribution in [3.8, 4) is 0 Å². The quantitative estimate of drug-likeness (QED) is 0.791. The van der Waals surface area contributed by atoms with Crippen LogP contribution in [-0.2, 0) is 6.54 Å².